The number of hydrogen-bond acceptors (Lipinski definition) is 5. The van der Waals surface area contributed by atoms with E-state index in [1.54, 1.807) is 6.07 Å². The summed E-state index contributed by atoms with van der Waals surface area (Å²) in [4.78, 5) is 22.7. The van der Waals surface area contributed by atoms with Crippen LogP contribution in [0.2, 0.25) is 0 Å². The molecule has 0 fully saturated rings. The first kappa shape index (κ1) is 13.7. The minimum Gasteiger partial charge on any atom is -0.435 e. The van der Waals surface area contributed by atoms with Crippen molar-refractivity contribution in [2.45, 2.75) is 6.42 Å². The second-order valence-electron chi connectivity index (χ2n) is 4.08. The number of anilines is 3. The van der Waals surface area contributed by atoms with Gasteiger partial charge in [-0.05, 0) is 18.2 Å². The van der Waals surface area contributed by atoms with E-state index in [1.807, 2.05) is 12.1 Å². The summed E-state index contributed by atoms with van der Waals surface area (Å²) in [6.45, 7) is 4.15. The number of ether oxygens (including phenoxy) is 1. The number of esters is 1. The summed E-state index contributed by atoms with van der Waals surface area (Å²) in [5.41, 5.74) is 2.62. The molecule has 2 rings (SSSR count). The van der Waals surface area contributed by atoms with Crippen LogP contribution in [0.4, 0.5) is 21.9 Å². The van der Waals surface area contributed by atoms with Crippen molar-refractivity contribution in [2.75, 3.05) is 29.2 Å². The molecule has 7 heteroatoms. The van der Waals surface area contributed by atoms with E-state index in [-0.39, 0.29) is 19.0 Å². The second kappa shape index (κ2) is 6.46. The summed E-state index contributed by atoms with van der Waals surface area (Å²) in [6, 6.07) is 5.14. The summed E-state index contributed by atoms with van der Waals surface area (Å²) in [7, 11) is 0. The molecule has 0 saturated carbocycles. The van der Waals surface area contributed by atoms with Crippen molar-refractivity contribution in [3.8, 4) is 0 Å². The molecule has 0 atom stereocenters. The number of amides is 2. The molecule has 0 spiro atoms. The summed E-state index contributed by atoms with van der Waals surface area (Å²) in [5.74, 6) is -0.437. The molecular weight excluding hydrogens is 260 g/mol. The number of carbonyl (C=O) groups excluding carboxylic acids is 2. The molecular formula is C13H16N4O3. The predicted molar refractivity (Wildman–Crippen MR) is 76.5 cm³/mol. The van der Waals surface area contributed by atoms with Crippen molar-refractivity contribution >= 4 is 29.1 Å². The smallest absolute Gasteiger partial charge is 0.319 e. The summed E-state index contributed by atoms with van der Waals surface area (Å²) >= 11 is 0. The van der Waals surface area contributed by atoms with Gasteiger partial charge in [-0.3, -0.25) is 4.79 Å². The van der Waals surface area contributed by atoms with Gasteiger partial charge in [0, 0.05) is 12.2 Å². The minimum absolute atomic E-state index is 0.0924. The highest BCUT2D eigenvalue weighted by atomic mass is 16.5. The molecule has 7 nitrogen and oxygen atoms in total. The third-order valence-corrected chi connectivity index (χ3v) is 2.66. The maximum absolute atomic E-state index is 11.6. The third kappa shape index (κ3) is 3.64. The standard InChI is InChI=1S/C13H16N4O3/c1-2-20-12(18)5-6-14-13(19)17-9-3-4-10-11(7-9)16-8-15-10/h2-4,7,15-16H,1,5-6,8H2,(H2,14,17,19). The van der Waals surface area contributed by atoms with Gasteiger partial charge in [-0.2, -0.15) is 0 Å². The van der Waals surface area contributed by atoms with Gasteiger partial charge in [0.05, 0.1) is 30.7 Å². The molecule has 106 valence electrons. The SMILES string of the molecule is C=COC(=O)CCNC(=O)Nc1ccc2c(c1)NCN2. The topological polar surface area (TPSA) is 91.5 Å². The molecule has 0 unspecified atom stereocenters. The van der Waals surface area contributed by atoms with E-state index in [4.69, 9.17) is 0 Å². The van der Waals surface area contributed by atoms with Gasteiger partial charge in [0.25, 0.3) is 0 Å². The van der Waals surface area contributed by atoms with Crippen LogP contribution in [0.5, 0.6) is 0 Å². The fraction of sp³-hybridized carbons (Fsp3) is 0.231. The van der Waals surface area contributed by atoms with Crippen molar-refractivity contribution in [3.63, 3.8) is 0 Å². The van der Waals surface area contributed by atoms with Gasteiger partial charge in [-0.1, -0.05) is 6.58 Å². The lowest BCUT2D eigenvalue weighted by Crippen LogP contribution is -2.30. The molecule has 20 heavy (non-hydrogen) atoms. The lowest BCUT2D eigenvalue weighted by Gasteiger charge is -2.08. The molecule has 0 saturated heterocycles. The van der Waals surface area contributed by atoms with Crippen molar-refractivity contribution in [1.82, 2.24) is 5.32 Å². The van der Waals surface area contributed by atoms with Gasteiger partial charge in [0.1, 0.15) is 0 Å². The van der Waals surface area contributed by atoms with Crippen LogP contribution in [-0.2, 0) is 9.53 Å². The van der Waals surface area contributed by atoms with Crippen LogP contribution in [0.15, 0.2) is 31.0 Å². The Balaban J connectivity index is 1.77. The van der Waals surface area contributed by atoms with E-state index in [9.17, 15) is 9.59 Å². The van der Waals surface area contributed by atoms with E-state index in [0.29, 0.717) is 12.4 Å². The maximum atomic E-state index is 11.6. The number of hydrogen-bond donors (Lipinski definition) is 4. The number of fused-ring (bicyclic) bond motifs is 1. The number of urea groups is 1. The first-order valence-electron chi connectivity index (χ1n) is 6.16. The van der Waals surface area contributed by atoms with Crippen LogP contribution in [0.3, 0.4) is 0 Å². The van der Waals surface area contributed by atoms with E-state index in [0.717, 1.165) is 17.6 Å². The fourth-order valence-corrected chi connectivity index (χ4v) is 1.76. The average Bonchev–Trinajstić information content (AvgIpc) is 2.86. The Morgan fingerprint density at radius 1 is 1.35 bits per heavy atom. The highest BCUT2D eigenvalue weighted by Crippen LogP contribution is 2.28. The Morgan fingerprint density at radius 3 is 2.95 bits per heavy atom. The Morgan fingerprint density at radius 2 is 2.15 bits per heavy atom. The number of nitrogens with one attached hydrogen (secondary N) is 4. The zero-order valence-electron chi connectivity index (χ0n) is 10.9. The zero-order valence-corrected chi connectivity index (χ0v) is 10.9. The molecule has 0 bridgehead atoms. The third-order valence-electron chi connectivity index (χ3n) is 2.66. The Labute approximate surface area is 116 Å². The highest BCUT2D eigenvalue weighted by molar-refractivity contribution is 5.91. The summed E-state index contributed by atoms with van der Waals surface area (Å²) < 4.78 is 4.53. The van der Waals surface area contributed by atoms with Crippen LogP contribution >= 0.6 is 0 Å². The van der Waals surface area contributed by atoms with Crippen LogP contribution in [0.25, 0.3) is 0 Å². The van der Waals surface area contributed by atoms with Crippen molar-refractivity contribution in [2.24, 2.45) is 0 Å². The Hall–Kier alpha value is -2.70. The molecule has 1 aliphatic heterocycles. The van der Waals surface area contributed by atoms with Crippen molar-refractivity contribution in [3.05, 3.63) is 31.0 Å². The molecule has 0 aliphatic carbocycles. The van der Waals surface area contributed by atoms with Gasteiger partial charge >= 0.3 is 12.0 Å². The molecule has 0 radical (unpaired) electrons. The van der Waals surface area contributed by atoms with Gasteiger partial charge in [0.2, 0.25) is 0 Å². The van der Waals surface area contributed by atoms with Gasteiger partial charge in [0.15, 0.2) is 0 Å². The summed E-state index contributed by atoms with van der Waals surface area (Å²) in [6.07, 6.45) is 1.16. The van der Waals surface area contributed by atoms with E-state index in [1.165, 1.54) is 0 Å². The predicted octanol–water partition coefficient (Wildman–Crippen LogP) is 1.68. The number of benzene rings is 1. The summed E-state index contributed by atoms with van der Waals surface area (Å²) in [5, 5.41) is 11.5. The van der Waals surface area contributed by atoms with E-state index < -0.39 is 5.97 Å². The molecule has 1 heterocycles. The maximum Gasteiger partial charge on any atom is 0.319 e. The lowest BCUT2D eigenvalue weighted by molar-refractivity contribution is -0.137. The first-order valence-corrected chi connectivity index (χ1v) is 6.16. The average molecular weight is 276 g/mol. The Bertz CT molecular complexity index is 530. The molecule has 1 aliphatic rings. The monoisotopic (exact) mass is 276 g/mol. The van der Waals surface area contributed by atoms with Crippen LogP contribution in [0.1, 0.15) is 6.42 Å². The normalized spacial score (nSPS) is 11.6. The molecule has 1 aromatic rings. The van der Waals surface area contributed by atoms with Crippen LogP contribution in [0, 0.1) is 0 Å². The van der Waals surface area contributed by atoms with Crippen LogP contribution in [-0.4, -0.2) is 25.2 Å². The van der Waals surface area contributed by atoms with Gasteiger partial charge in [-0.15, -0.1) is 0 Å². The van der Waals surface area contributed by atoms with Crippen molar-refractivity contribution < 1.29 is 14.3 Å². The second-order valence-corrected chi connectivity index (χ2v) is 4.08. The van der Waals surface area contributed by atoms with Crippen LogP contribution < -0.4 is 21.3 Å². The largest absolute Gasteiger partial charge is 0.435 e. The fourth-order valence-electron chi connectivity index (χ4n) is 1.76. The molecule has 4 N–H and O–H groups in total. The first-order chi connectivity index (χ1) is 9.69. The number of rotatable bonds is 5. The van der Waals surface area contributed by atoms with E-state index >= 15 is 0 Å². The number of carbonyl (C=O) groups is 2. The highest BCUT2D eigenvalue weighted by Gasteiger charge is 2.10. The van der Waals surface area contributed by atoms with E-state index in [2.05, 4.69) is 32.6 Å². The van der Waals surface area contributed by atoms with Gasteiger partial charge in [-0.25, -0.2) is 4.79 Å². The molecule has 1 aromatic carbocycles. The minimum atomic E-state index is -0.437. The van der Waals surface area contributed by atoms with Crippen molar-refractivity contribution in [1.29, 1.82) is 0 Å². The quantitative estimate of drug-likeness (QED) is 0.485. The zero-order chi connectivity index (χ0) is 14.4. The molecule has 0 aromatic heterocycles. The van der Waals surface area contributed by atoms with Gasteiger partial charge < -0.3 is 26.0 Å². The molecule has 2 amide bonds. The Kier molecular flexibility index (Phi) is 4.43. The lowest BCUT2D eigenvalue weighted by atomic mass is 10.2.